The van der Waals surface area contributed by atoms with Gasteiger partial charge >= 0.3 is 5.97 Å². The number of ether oxygens (including phenoxy) is 1. The third-order valence-corrected chi connectivity index (χ3v) is 3.57. The van der Waals surface area contributed by atoms with Crippen molar-refractivity contribution >= 4 is 22.4 Å². The molecule has 0 unspecified atom stereocenters. The fourth-order valence-electron chi connectivity index (χ4n) is 1.67. The lowest BCUT2D eigenvalue weighted by molar-refractivity contribution is -0.136. The van der Waals surface area contributed by atoms with Gasteiger partial charge in [0.15, 0.2) is 5.13 Å². The standard InChI is InChI=1S/C11H16N2O3S/c1-16-5-4-13(9-2-3-9)11-12-8(7-17-11)6-10(14)15/h7,9H,2-6H2,1H3,(H,14,15). The molecule has 0 spiro atoms. The molecule has 0 saturated heterocycles. The molecule has 6 heteroatoms. The summed E-state index contributed by atoms with van der Waals surface area (Å²) in [6.07, 6.45) is 2.38. The maximum Gasteiger partial charge on any atom is 0.309 e. The van der Waals surface area contributed by atoms with Crippen molar-refractivity contribution in [2.45, 2.75) is 25.3 Å². The van der Waals surface area contributed by atoms with Gasteiger partial charge in [0, 0.05) is 25.1 Å². The molecule has 94 valence electrons. The summed E-state index contributed by atoms with van der Waals surface area (Å²) in [5.41, 5.74) is 0.639. The van der Waals surface area contributed by atoms with Crippen LogP contribution in [0.5, 0.6) is 0 Å². The molecule has 1 aromatic rings. The van der Waals surface area contributed by atoms with Crippen molar-refractivity contribution in [1.82, 2.24) is 4.98 Å². The Bertz CT molecular complexity index is 390. The lowest BCUT2D eigenvalue weighted by atomic mass is 10.3. The molecule has 17 heavy (non-hydrogen) atoms. The van der Waals surface area contributed by atoms with Crippen LogP contribution in [0.4, 0.5) is 5.13 Å². The topological polar surface area (TPSA) is 62.7 Å². The van der Waals surface area contributed by atoms with Crippen molar-refractivity contribution < 1.29 is 14.6 Å². The molecule has 1 aliphatic carbocycles. The van der Waals surface area contributed by atoms with Gasteiger partial charge in [-0.15, -0.1) is 11.3 Å². The highest BCUT2D eigenvalue weighted by Gasteiger charge is 2.30. The van der Waals surface area contributed by atoms with E-state index in [9.17, 15) is 4.79 Å². The number of anilines is 1. The van der Waals surface area contributed by atoms with Crippen LogP contribution in [0.25, 0.3) is 0 Å². The zero-order valence-electron chi connectivity index (χ0n) is 9.76. The molecule has 0 radical (unpaired) electrons. The lowest BCUT2D eigenvalue weighted by Gasteiger charge is -2.20. The maximum absolute atomic E-state index is 10.6. The molecule has 0 atom stereocenters. The van der Waals surface area contributed by atoms with Crippen LogP contribution in [-0.4, -0.2) is 42.4 Å². The number of thiazole rings is 1. The molecule has 1 saturated carbocycles. The van der Waals surface area contributed by atoms with Crippen molar-refractivity contribution in [2.75, 3.05) is 25.2 Å². The van der Waals surface area contributed by atoms with E-state index in [0.717, 1.165) is 11.7 Å². The third kappa shape index (κ3) is 3.41. The number of carbonyl (C=O) groups is 1. The molecule has 1 aliphatic rings. The average molecular weight is 256 g/mol. The minimum atomic E-state index is -0.836. The Morgan fingerprint density at radius 3 is 3.06 bits per heavy atom. The van der Waals surface area contributed by atoms with Crippen LogP contribution in [-0.2, 0) is 16.0 Å². The molecular weight excluding hydrogens is 240 g/mol. The molecular formula is C11H16N2O3S. The molecule has 0 aromatic carbocycles. The van der Waals surface area contributed by atoms with E-state index in [4.69, 9.17) is 9.84 Å². The van der Waals surface area contributed by atoms with Gasteiger partial charge in [0.25, 0.3) is 0 Å². The Hall–Kier alpha value is -1.14. The number of carboxylic acid groups (broad SMARTS) is 1. The van der Waals surface area contributed by atoms with Crippen molar-refractivity contribution in [3.63, 3.8) is 0 Å². The summed E-state index contributed by atoms with van der Waals surface area (Å²) in [7, 11) is 1.68. The second-order valence-electron chi connectivity index (χ2n) is 4.11. The highest BCUT2D eigenvalue weighted by molar-refractivity contribution is 7.13. The van der Waals surface area contributed by atoms with Gasteiger partial charge in [0.05, 0.1) is 18.7 Å². The van der Waals surface area contributed by atoms with Crippen LogP contribution in [0.15, 0.2) is 5.38 Å². The summed E-state index contributed by atoms with van der Waals surface area (Å²) < 4.78 is 5.08. The Balaban J connectivity index is 2.02. The van der Waals surface area contributed by atoms with Crippen LogP contribution in [0.1, 0.15) is 18.5 Å². The molecule has 2 rings (SSSR count). The van der Waals surface area contributed by atoms with E-state index in [1.807, 2.05) is 5.38 Å². The molecule has 0 amide bonds. The van der Waals surface area contributed by atoms with Gasteiger partial charge in [-0.3, -0.25) is 4.79 Å². The smallest absolute Gasteiger partial charge is 0.309 e. The number of aliphatic carboxylic acids is 1. The van der Waals surface area contributed by atoms with E-state index in [2.05, 4.69) is 9.88 Å². The summed E-state index contributed by atoms with van der Waals surface area (Å²) in [5, 5.41) is 11.5. The Morgan fingerprint density at radius 1 is 1.71 bits per heavy atom. The van der Waals surface area contributed by atoms with Gasteiger partial charge in [-0.25, -0.2) is 4.98 Å². The maximum atomic E-state index is 10.6. The molecule has 1 N–H and O–H groups in total. The molecule has 5 nitrogen and oxygen atoms in total. The Labute approximate surface area is 104 Å². The molecule has 1 heterocycles. The van der Waals surface area contributed by atoms with Crippen molar-refractivity contribution in [3.8, 4) is 0 Å². The number of carboxylic acids is 1. The Morgan fingerprint density at radius 2 is 2.47 bits per heavy atom. The fraction of sp³-hybridized carbons (Fsp3) is 0.636. The van der Waals surface area contributed by atoms with Crippen LogP contribution >= 0.6 is 11.3 Å². The predicted molar refractivity (Wildman–Crippen MR) is 65.7 cm³/mol. The minimum absolute atomic E-state index is 0.000710. The molecule has 0 aliphatic heterocycles. The first-order chi connectivity index (χ1) is 8.20. The van der Waals surface area contributed by atoms with Crippen molar-refractivity contribution in [1.29, 1.82) is 0 Å². The van der Waals surface area contributed by atoms with Gasteiger partial charge in [-0.2, -0.15) is 0 Å². The van der Waals surface area contributed by atoms with E-state index in [-0.39, 0.29) is 6.42 Å². The van der Waals surface area contributed by atoms with Crippen LogP contribution < -0.4 is 4.90 Å². The largest absolute Gasteiger partial charge is 0.481 e. The number of aromatic nitrogens is 1. The first kappa shape index (κ1) is 12.3. The normalized spacial score (nSPS) is 14.9. The number of nitrogens with zero attached hydrogens (tertiary/aromatic N) is 2. The molecule has 1 fully saturated rings. The van der Waals surface area contributed by atoms with Crippen LogP contribution in [0.3, 0.4) is 0 Å². The summed E-state index contributed by atoms with van der Waals surface area (Å²) in [4.78, 5) is 17.2. The summed E-state index contributed by atoms with van der Waals surface area (Å²) in [5.74, 6) is -0.836. The van der Waals surface area contributed by atoms with Gasteiger partial charge in [-0.1, -0.05) is 0 Å². The van der Waals surface area contributed by atoms with Gasteiger partial charge in [-0.05, 0) is 12.8 Å². The second-order valence-corrected chi connectivity index (χ2v) is 4.95. The zero-order valence-corrected chi connectivity index (χ0v) is 10.6. The van der Waals surface area contributed by atoms with Gasteiger partial charge in [0.1, 0.15) is 0 Å². The van der Waals surface area contributed by atoms with Gasteiger partial charge in [0.2, 0.25) is 0 Å². The number of rotatable bonds is 7. The van der Waals surface area contributed by atoms with Gasteiger partial charge < -0.3 is 14.7 Å². The molecule has 0 bridgehead atoms. The molecule has 1 aromatic heterocycles. The SMILES string of the molecule is COCCN(c1nc(CC(=O)O)cs1)C1CC1. The lowest BCUT2D eigenvalue weighted by Crippen LogP contribution is -2.29. The summed E-state index contributed by atoms with van der Waals surface area (Å²) in [6, 6.07) is 0.564. The van der Waals surface area contributed by atoms with E-state index < -0.39 is 5.97 Å². The highest BCUT2D eigenvalue weighted by atomic mass is 32.1. The predicted octanol–water partition coefficient (Wildman–Crippen LogP) is 1.39. The average Bonchev–Trinajstić information content (AvgIpc) is 3.00. The minimum Gasteiger partial charge on any atom is -0.481 e. The number of hydrogen-bond acceptors (Lipinski definition) is 5. The van der Waals surface area contributed by atoms with E-state index in [1.165, 1.54) is 24.2 Å². The quantitative estimate of drug-likeness (QED) is 0.798. The van der Waals surface area contributed by atoms with Crippen molar-refractivity contribution in [2.24, 2.45) is 0 Å². The third-order valence-electron chi connectivity index (χ3n) is 2.64. The first-order valence-electron chi connectivity index (χ1n) is 5.62. The fourth-order valence-corrected chi connectivity index (χ4v) is 2.60. The summed E-state index contributed by atoms with van der Waals surface area (Å²) in [6.45, 7) is 1.49. The number of methoxy groups -OCH3 is 1. The van der Waals surface area contributed by atoms with E-state index in [0.29, 0.717) is 18.3 Å². The first-order valence-corrected chi connectivity index (χ1v) is 6.50. The monoisotopic (exact) mass is 256 g/mol. The van der Waals surface area contributed by atoms with Crippen LogP contribution in [0.2, 0.25) is 0 Å². The Kier molecular flexibility index (Phi) is 3.96. The summed E-state index contributed by atoms with van der Waals surface area (Å²) >= 11 is 1.51. The van der Waals surface area contributed by atoms with Crippen LogP contribution in [0, 0.1) is 0 Å². The second kappa shape index (κ2) is 5.46. The highest BCUT2D eigenvalue weighted by Crippen LogP contribution is 2.33. The number of hydrogen-bond donors (Lipinski definition) is 1. The van der Waals surface area contributed by atoms with Crippen molar-refractivity contribution in [3.05, 3.63) is 11.1 Å². The zero-order chi connectivity index (χ0) is 12.3. The van der Waals surface area contributed by atoms with E-state index >= 15 is 0 Å². The van der Waals surface area contributed by atoms with E-state index in [1.54, 1.807) is 7.11 Å².